The lowest BCUT2D eigenvalue weighted by Crippen LogP contribution is -2.64. The predicted octanol–water partition coefficient (Wildman–Crippen LogP) is 7.64. The molecule has 0 spiro atoms. The van der Waals surface area contributed by atoms with Gasteiger partial charge in [-0.1, -0.05) is 65.0 Å². The zero-order valence-corrected chi connectivity index (χ0v) is 24.6. The molecule has 12 atom stereocenters. The highest BCUT2D eigenvalue weighted by Gasteiger charge is 2.71. The van der Waals surface area contributed by atoms with E-state index in [0.29, 0.717) is 36.4 Å². The van der Waals surface area contributed by atoms with Crippen molar-refractivity contribution in [3.63, 3.8) is 0 Å². The van der Waals surface area contributed by atoms with Gasteiger partial charge in [-0.3, -0.25) is 4.79 Å². The molecular formula is C33H52O4. The highest BCUT2D eigenvalue weighted by Crippen LogP contribution is 2.74. The number of allylic oxidation sites excluding steroid dienone is 5. The normalized spacial score (nSPS) is 47.3. The molecule has 4 heteroatoms. The van der Waals surface area contributed by atoms with Crippen LogP contribution in [-0.4, -0.2) is 28.4 Å². The lowest BCUT2D eigenvalue weighted by molar-refractivity contribution is -0.214. The molecule has 0 bridgehead atoms. The van der Waals surface area contributed by atoms with Gasteiger partial charge in [0.1, 0.15) is 6.10 Å². The van der Waals surface area contributed by atoms with Crippen molar-refractivity contribution in [1.82, 2.24) is 0 Å². The molecule has 2 unspecified atom stereocenters. The van der Waals surface area contributed by atoms with Crippen LogP contribution in [0.1, 0.15) is 93.9 Å². The Bertz CT molecular complexity index is 961. The summed E-state index contributed by atoms with van der Waals surface area (Å²) in [5.74, 6) is 1.27. The largest absolute Gasteiger partial charge is 0.495 e. The van der Waals surface area contributed by atoms with E-state index >= 15 is 0 Å². The molecule has 0 aromatic carbocycles. The van der Waals surface area contributed by atoms with Crippen LogP contribution in [0, 0.1) is 57.7 Å². The highest BCUT2D eigenvalue weighted by atomic mass is 16.5. The van der Waals surface area contributed by atoms with E-state index in [1.54, 1.807) is 0 Å². The topological polar surface area (TPSA) is 66.8 Å². The molecule has 0 aliphatic heterocycles. The van der Waals surface area contributed by atoms with Crippen LogP contribution in [0.5, 0.6) is 0 Å². The Morgan fingerprint density at radius 1 is 1.16 bits per heavy atom. The second kappa shape index (κ2) is 9.88. The number of aliphatic hydroxyl groups is 1. The number of carboxylic acids is 1. The van der Waals surface area contributed by atoms with Crippen molar-refractivity contribution in [2.45, 2.75) is 106 Å². The Hall–Kier alpha value is -1.55. The van der Waals surface area contributed by atoms with E-state index in [2.05, 4.69) is 73.3 Å². The molecule has 0 radical (unpaired) electrons. The molecule has 0 saturated heterocycles. The summed E-state index contributed by atoms with van der Waals surface area (Å²) in [4.78, 5) is 12.8. The highest BCUT2D eigenvalue weighted by molar-refractivity contribution is 5.70. The molecule has 0 amide bonds. The smallest absolute Gasteiger partial charge is 0.306 e. The lowest BCUT2D eigenvalue weighted by Gasteiger charge is -2.68. The molecule has 3 fully saturated rings. The van der Waals surface area contributed by atoms with Gasteiger partial charge < -0.3 is 14.9 Å². The van der Waals surface area contributed by atoms with Crippen molar-refractivity contribution in [2.75, 3.05) is 0 Å². The minimum absolute atomic E-state index is 0.0508. The maximum atomic E-state index is 12.8. The number of carbonyl (C=O) groups is 1. The Morgan fingerprint density at radius 2 is 1.84 bits per heavy atom. The zero-order chi connectivity index (χ0) is 27.5. The van der Waals surface area contributed by atoms with Gasteiger partial charge >= 0.3 is 5.97 Å². The van der Waals surface area contributed by atoms with Gasteiger partial charge in [0.05, 0.1) is 17.8 Å². The maximum absolute atomic E-state index is 12.8. The fourth-order valence-corrected chi connectivity index (χ4v) is 10.1. The summed E-state index contributed by atoms with van der Waals surface area (Å²) < 4.78 is 6.39. The fourth-order valence-electron chi connectivity index (χ4n) is 10.1. The van der Waals surface area contributed by atoms with Crippen molar-refractivity contribution in [3.8, 4) is 0 Å². The molecular weight excluding hydrogens is 460 g/mol. The number of fused-ring (bicyclic) bond motifs is 5. The first-order valence-electron chi connectivity index (χ1n) is 14.7. The summed E-state index contributed by atoms with van der Waals surface area (Å²) in [5, 5.41) is 22.5. The van der Waals surface area contributed by atoms with E-state index < -0.39 is 18.0 Å². The van der Waals surface area contributed by atoms with Gasteiger partial charge in [-0.2, -0.15) is 0 Å². The second-order valence-electron chi connectivity index (χ2n) is 14.3. The fraction of sp³-hybridized carbons (Fsp3) is 0.788. The summed E-state index contributed by atoms with van der Waals surface area (Å²) >= 11 is 0. The Kier molecular flexibility index (Phi) is 7.60. The number of aliphatic hydroxyl groups excluding tert-OH is 1. The number of rotatable bonds is 7. The van der Waals surface area contributed by atoms with E-state index in [-0.39, 0.29) is 40.1 Å². The summed E-state index contributed by atoms with van der Waals surface area (Å²) in [6.07, 6.45) is 11.4. The molecule has 208 valence electrons. The van der Waals surface area contributed by atoms with Crippen LogP contribution >= 0.6 is 0 Å². The minimum atomic E-state index is -0.734. The quantitative estimate of drug-likeness (QED) is 0.272. The summed E-state index contributed by atoms with van der Waals surface area (Å²) in [7, 11) is 0. The van der Waals surface area contributed by atoms with Crippen molar-refractivity contribution in [1.29, 1.82) is 0 Å². The molecule has 0 aromatic heterocycles. The number of ether oxygens (including phenoxy) is 1. The molecule has 2 N–H and O–H groups in total. The monoisotopic (exact) mass is 512 g/mol. The molecule has 4 rings (SSSR count). The van der Waals surface area contributed by atoms with Crippen molar-refractivity contribution < 1.29 is 19.7 Å². The van der Waals surface area contributed by atoms with Crippen LogP contribution in [0.4, 0.5) is 0 Å². The molecule has 3 saturated carbocycles. The molecule has 4 aliphatic rings. The first-order valence-corrected chi connectivity index (χ1v) is 14.7. The first kappa shape index (κ1) is 28.5. The first-order chi connectivity index (χ1) is 17.2. The van der Waals surface area contributed by atoms with E-state index in [4.69, 9.17) is 4.74 Å². The average Bonchev–Trinajstić information content (AvgIpc) is 3.05. The van der Waals surface area contributed by atoms with Gasteiger partial charge in [-0.15, -0.1) is 0 Å². The minimum Gasteiger partial charge on any atom is -0.495 e. The maximum Gasteiger partial charge on any atom is 0.306 e. The third-order valence-electron chi connectivity index (χ3n) is 12.0. The SMILES string of the molecule is C=C(C)OC1C[C@@]2(C)[C@H](C[C@@H](O)[C@H]3[C@@]4(C)C=C[C@@H](C)[C@H](C)[C@@H]4CC[C@@]32C)[C@H]1C(CCC=C(C)C)C(=O)O. The number of hydrogen-bond donors (Lipinski definition) is 2. The van der Waals surface area contributed by atoms with Crippen LogP contribution in [-0.2, 0) is 9.53 Å². The predicted molar refractivity (Wildman–Crippen MR) is 150 cm³/mol. The van der Waals surface area contributed by atoms with Crippen LogP contribution in [0.3, 0.4) is 0 Å². The van der Waals surface area contributed by atoms with Crippen LogP contribution in [0.15, 0.2) is 36.1 Å². The molecule has 4 aliphatic carbocycles. The van der Waals surface area contributed by atoms with Crippen LogP contribution in [0.2, 0.25) is 0 Å². The van der Waals surface area contributed by atoms with E-state index in [1.807, 2.05) is 6.92 Å². The lowest BCUT2D eigenvalue weighted by atomic mass is 9.37. The second-order valence-corrected chi connectivity index (χ2v) is 14.3. The van der Waals surface area contributed by atoms with Crippen molar-refractivity contribution >= 4 is 5.97 Å². The molecule has 0 aromatic rings. The Morgan fingerprint density at radius 3 is 2.43 bits per heavy atom. The number of carboxylic acid groups (broad SMARTS) is 1. The third-order valence-corrected chi connectivity index (χ3v) is 12.0. The van der Waals surface area contributed by atoms with Gasteiger partial charge in [-0.05, 0) is 105 Å². The van der Waals surface area contributed by atoms with Crippen LogP contribution < -0.4 is 0 Å². The van der Waals surface area contributed by atoms with Crippen LogP contribution in [0.25, 0.3) is 0 Å². The van der Waals surface area contributed by atoms with E-state index in [0.717, 1.165) is 25.7 Å². The average molecular weight is 513 g/mol. The van der Waals surface area contributed by atoms with Crippen molar-refractivity contribution in [3.05, 3.63) is 36.1 Å². The van der Waals surface area contributed by atoms with E-state index in [9.17, 15) is 15.0 Å². The van der Waals surface area contributed by atoms with Gasteiger partial charge in [0.15, 0.2) is 0 Å². The molecule has 4 nitrogen and oxygen atoms in total. The summed E-state index contributed by atoms with van der Waals surface area (Å²) in [6, 6.07) is 0. The van der Waals surface area contributed by atoms with Gasteiger partial charge in [0.2, 0.25) is 0 Å². The van der Waals surface area contributed by atoms with Gasteiger partial charge in [0, 0.05) is 5.92 Å². The zero-order valence-electron chi connectivity index (χ0n) is 24.6. The number of hydrogen-bond acceptors (Lipinski definition) is 3. The summed E-state index contributed by atoms with van der Waals surface area (Å²) in [5.41, 5.74) is 0.956. The van der Waals surface area contributed by atoms with Gasteiger partial charge in [0.25, 0.3) is 0 Å². The number of aliphatic carboxylic acids is 1. The Labute approximate surface area is 225 Å². The van der Waals surface area contributed by atoms with Gasteiger partial charge in [-0.25, -0.2) is 0 Å². The standard InChI is InChI=1S/C33H52O4/c1-19(2)11-10-12-23(30(35)36)28-25-17-26(34)29-31(7)15-13-21(5)22(6)24(31)14-16-32(29,8)33(25,9)18-27(28)37-20(3)4/h11,13,15,21-29,34H,3,10,12,14,16-18H2,1-2,4-9H3,(H,35,36)/t21-,22+,23?,24+,25-,26-,27?,28-,29+,31+,32+,33+/m1/s1. The summed E-state index contributed by atoms with van der Waals surface area (Å²) in [6.45, 7) is 22.0. The van der Waals surface area contributed by atoms with E-state index in [1.165, 1.54) is 5.57 Å². The molecule has 37 heavy (non-hydrogen) atoms. The molecule has 0 heterocycles. The third kappa shape index (κ3) is 4.43. The van der Waals surface area contributed by atoms with Crippen molar-refractivity contribution in [2.24, 2.45) is 57.7 Å². The Balaban J connectivity index is 1.77.